The first-order chi connectivity index (χ1) is 23.8. The summed E-state index contributed by atoms with van der Waals surface area (Å²) in [6, 6.07) is -6.15. The highest BCUT2D eigenvalue weighted by molar-refractivity contribution is 5.96. The van der Waals surface area contributed by atoms with Gasteiger partial charge in [-0.25, -0.2) is 9.59 Å². The van der Waals surface area contributed by atoms with Crippen LogP contribution in [0.5, 0.6) is 0 Å². The van der Waals surface area contributed by atoms with E-state index < -0.39 is 90.3 Å². The zero-order valence-corrected chi connectivity index (χ0v) is 31.0. The van der Waals surface area contributed by atoms with Crippen LogP contribution in [0.4, 0.5) is 31.1 Å². The van der Waals surface area contributed by atoms with Gasteiger partial charge >= 0.3 is 24.4 Å². The number of nitrogens with one attached hydrogen (secondary N) is 4. The predicted octanol–water partition coefficient (Wildman–Crippen LogP) is 3.99. The first-order valence-corrected chi connectivity index (χ1v) is 17.2. The summed E-state index contributed by atoms with van der Waals surface area (Å²) in [6.45, 7) is 13.6. The van der Waals surface area contributed by atoms with E-state index >= 15 is 0 Å². The molecule has 0 aromatic heterocycles. The number of amides is 5. The number of carbonyl (C=O) groups excluding carboxylic acids is 6. The summed E-state index contributed by atoms with van der Waals surface area (Å²) in [5.74, 6) is -5.20. The monoisotopic (exact) mass is 761 g/mol. The molecule has 1 rings (SSSR count). The Balaban J connectivity index is 3.27. The van der Waals surface area contributed by atoms with Crippen molar-refractivity contribution in [3.63, 3.8) is 0 Å². The van der Waals surface area contributed by atoms with E-state index in [0.717, 1.165) is 0 Å². The minimum atomic E-state index is -5.98. The van der Waals surface area contributed by atoms with E-state index in [1.165, 1.54) is 18.9 Å². The number of hydrogen-bond acceptors (Lipinski definition) is 8. The average Bonchev–Trinajstić information content (AvgIpc) is 3.51. The van der Waals surface area contributed by atoms with Crippen LogP contribution in [0.2, 0.25) is 0 Å². The van der Waals surface area contributed by atoms with Gasteiger partial charge in [-0.15, -0.1) is 0 Å². The summed E-state index contributed by atoms with van der Waals surface area (Å²) in [7, 11) is 1.18. The van der Waals surface area contributed by atoms with Gasteiger partial charge in [0.15, 0.2) is 0 Å². The molecule has 0 spiro atoms. The van der Waals surface area contributed by atoms with E-state index in [9.17, 15) is 55.1 Å². The highest BCUT2D eigenvalue weighted by Gasteiger charge is 2.60. The highest BCUT2D eigenvalue weighted by atomic mass is 19.4. The summed E-state index contributed by atoms with van der Waals surface area (Å²) < 4.78 is 86.4. The van der Waals surface area contributed by atoms with Crippen LogP contribution in [0.3, 0.4) is 0 Å². The van der Waals surface area contributed by atoms with Crippen molar-refractivity contribution in [2.45, 2.75) is 136 Å². The van der Waals surface area contributed by atoms with Crippen LogP contribution in [0.25, 0.3) is 0 Å². The van der Waals surface area contributed by atoms with Gasteiger partial charge in [-0.05, 0) is 49.4 Å². The van der Waals surface area contributed by atoms with Crippen molar-refractivity contribution in [3.05, 3.63) is 0 Å². The maximum atomic E-state index is 13.9. The molecule has 0 bridgehead atoms. The number of methoxy groups -OCH3 is 1. The average molecular weight is 762 g/mol. The smallest absolute Gasteiger partial charge is 0.434 e. The molecule has 6 atom stereocenters. The van der Waals surface area contributed by atoms with Gasteiger partial charge in [0.2, 0.25) is 23.6 Å². The number of carbonyl (C=O) groups is 6. The molecule has 1 heterocycles. The van der Waals surface area contributed by atoms with Crippen molar-refractivity contribution in [2.24, 2.45) is 23.7 Å². The molecule has 1 aliphatic rings. The number of hydrogen-bond donors (Lipinski definition) is 4. The van der Waals surface area contributed by atoms with Gasteiger partial charge in [0, 0.05) is 6.54 Å². The SMILES string of the molecule is CC[C@H](C)[C@H](NC(=O)OC(C(F)(F)F)C(F)(F)F)C(=O)N[C@@H](CC(C)C)C(=O)N1CCCC1C(=O)N[C@@H](CC(C)C)C(=O)N[C@H](C(=O)OC)C(C)C. The Morgan fingerprint density at radius 1 is 0.750 bits per heavy atom. The third-order valence-electron chi connectivity index (χ3n) is 8.51. The van der Waals surface area contributed by atoms with Crippen LogP contribution in [-0.4, -0.2) is 103 Å². The van der Waals surface area contributed by atoms with Gasteiger partial charge in [0.05, 0.1) is 7.11 Å². The molecule has 0 radical (unpaired) electrons. The van der Waals surface area contributed by atoms with Crippen molar-refractivity contribution in [3.8, 4) is 0 Å². The summed E-state index contributed by atoms with van der Waals surface area (Å²) in [5.41, 5.74) is 0. The topological polar surface area (TPSA) is 172 Å². The molecular weight excluding hydrogens is 708 g/mol. The maximum Gasteiger partial charge on any atom is 0.434 e. The second-order valence-electron chi connectivity index (χ2n) is 14.2. The van der Waals surface area contributed by atoms with E-state index in [4.69, 9.17) is 4.74 Å². The minimum Gasteiger partial charge on any atom is -0.467 e. The number of ether oxygens (including phenoxy) is 2. The number of likely N-dealkylation sites (tertiary alicyclic amines) is 1. The van der Waals surface area contributed by atoms with Crippen LogP contribution < -0.4 is 21.3 Å². The standard InChI is InChI=1S/C33H53F6N5O8/c1-10-19(8)24(43-31(50)52-30(32(34,35)36)33(37,38)39)27(47)41-21(15-17(4)5)28(48)44-13-11-12-22(44)26(46)40-20(14-16(2)3)25(45)42-23(18(6)7)29(49)51-9/h16-24,30H,10-15H2,1-9H3,(H,40,46)(H,41,47)(H,42,45)(H,43,50)/t19-,20-,21-,22?,23-,24-/m0/s1. The normalized spacial score (nSPS) is 18.1. The lowest BCUT2D eigenvalue weighted by molar-refractivity contribution is -0.307. The second kappa shape index (κ2) is 19.9. The summed E-state index contributed by atoms with van der Waals surface area (Å²) >= 11 is 0. The van der Waals surface area contributed by atoms with Crippen LogP contribution in [-0.2, 0) is 33.4 Å². The third-order valence-corrected chi connectivity index (χ3v) is 8.51. The quantitative estimate of drug-likeness (QED) is 0.127. The molecule has 0 aliphatic carbocycles. The molecule has 1 aliphatic heterocycles. The summed E-state index contributed by atoms with van der Waals surface area (Å²) in [6.07, 6.45) is -17.6. The van der Waals surface area contributed by atoms with Crippen molar-refractivity contribution >= 4 is 35.7 Å². The third kappa shape index (κ3) is 14.0. The minimum absolute atomic E-state index is 0.0137. The molecule has 1 fully saturated rings. The second-order valence-corrected chi connectivity index (χ2v) is 14.2. The largest absolute Gasteiger partial charge is 0.467 e. The van der Waals surface area contributed by atoms with E-state index in [0.29, 0.717) is 6.42 Å². The zero-order chi connectivity index (χ0) is 40.3. The number of nitrogens with zero attached hydrogens (tertiary/aromatic N) is 1. The number of esters is 1. The molecule has 0 saturated carbocycles. The van der Waals surface area contributed by atoms with Gasteiger partial charge in [0.1, 0.15) is 30.2 Å². The molecule has 1 saturated heterocycles. The fourth-order valence-corrected chi connectivity index (χ4v) is 5.60. The van der Waals surface area contributed by atoms with Crippen molar-refractivity contribution in [1.29, 1.82) is 0 Å². The van der Waals surface area contributed by atoms with E-state index in [2.05, 4.69) is 20.7 Å². The van der Waals surface area contributed by atoms with E-state index in [1.54, 1.807) is 39.9 Å². The Labute approximate surface area is 300 Å². The fourth-order valence-electron chi connectivity index (χ4n) is 5.60. The molecule has 0 aromatic rings. The van der Waals surface area contributed by atoms with Crippen molar-refractivity contribution in [1.82, 2.24) is 26.2 Å². The maximum absolute atomic E-state index is 13.9. The Morgan fingerprint density at radius 2 is 1.29 bits per heavy atom. The molecular formula is C33H53F6N5O8. The molecule has 4 N–H and O–H groups in total. The van der Waals surface area contributed by atoms with Gasteiger partial charge in [0.25, 0.3) is 6.10 Å². The van der Waals surface area contributed by atoms with Gasteiger partial charge in [-0.1, -0.05) is 61.8 Å². The predicted molar refractivity (Wildman–Crippen MR) is 175 cm³/mol. The van der Waals surface area contributed by atoms with Gasteiger partial charge in [-0.2, -0.15) is 26.3 Å². The van der Waals surface area contributed by atoms with Crippen LogP contribution >= 0.6 is 0 Å². The summed E-state index contributed by atoms with van der Waals surface area (Å²) in [5, 5.41) is 9.56. The highest BCUT2D eigenvalue weighted by Crippen LogP contribution is 2.35. The van der Waals surface area contributed by atoms with Crippen LogP contribution in [0, 0.1) is 23.7 Å². The van der Waals surface area contributed by atoms with Gasteiger partial charge < -0.3 is 35.6 Å². The molecule has 13 nitrogen and oxygen atoms in total. The first kappa shape index (κ1) is 46.2. The molecule has 1 unspecified atom stereocenters. The number of rotatable bonds is 17. The van der Waals surface area contributed by atoms with Crippen LogP contribution in [0.15, 0.2) is 0 Å². The number of halogens is 6. The Morgan fingerprint density at radius 3 is 1.75 bits per heavy atom. The number of alkyl halides is 6. The first-order valence-electron chi connectivity index (χ1n) is 17.2. The van der Waals surface area contributed by atoms with E-state index in [1.807, 2.05) is 13.8 Å². The molecule has 300 valence electrons. The molecule has 52 heavy (non-hydrogen) atoms. The fraction of sp³-hybridized carbons (Fsp3) is 0.818. The number of alkyl carbamates (subject to hydrolysis) is 1. The van der Waals surface area contributed by atoms with E-state index in [-0.39, 0.29) is 50.0 Å². The molecule has 0 aromatic carbocycles. The van der Waals surface area contributed by atoms with Crippen molar-refractivity contribution < 1.29 is 64.6 Å². The Hall–Kier alpha value is -3.80. The lowest BCUT2D eigenvalue weighted by atomic mass is 9.96. The lowest BCUT2D eigenvalue weighted by Crippen LogP contribution is -2.60. The summed E-state index contributed by atoms with van der Waals surface area (Å²) in [4.78, 5) is 80.1. The van der Waals surface area contributed by atoms with Crippen LogP contribution in [0.1, 0.15) is 87.5 Å². The zero-order valence-electron chi connectivity index (χ0n) is 31.0. The lowest BCUT2D eigenvalue weighted by Gasteiger charge is -2.32. The van der Waals surface area contributed by atoms with Gasteiger partial charge in [-0.3, -0.25) is 19.2 Å². The Kier molecular flexibility index (Phi) is 17.7. The Bertz CT molecular complexity index is 1230. The molecule has 5 amide bonds. The molecule has 19 heteroatoms. The van der Waals surface area contributed by atoms with Crippen molar-refractivity contribution in [2.75, 3.05) is 13.7 Å².